The average molecular weight is 510 g/mol. The van der Waals surface area contributed by atoms with Gasteiger partial charge < -0.3 is 15.4 Å². The van der Waals surface area contributed by atoms with E-state index in [1.54, 1.807) is 12.1 Å². The van der Waals surface area contributed by atoms with Crippen LogP contribution in [0.2, 0.25) is 0 Å². The van der Waals surface area contributed by atoms with Gasteiger partial charge in [-0.2, -0.15) is 0 Å². The Balaban J connectivity index is 0.000000428. The Labute approximate surface area is 167 Å². The van der Waals surface area contributed by atoms with Gasteiger partial charge in [-0.3, -0.25) is 19.7 Å². The first-order chi connectivity index (χ1) is 12.5. The summed E-state index contributed by atoms with van der Waals surface area (Å²) in [5, 5.41) is 42.2. The molecule has 0 atom stereocenters. The number of nitrogens with zero attached hydrogens (tertiary/aromatic N) is 2. The van der Waals surface area contributed by atoms with Gasteiger partial charge in [-0.25, -0.2) is 0 Å². The van der Waals surface area contributed by atoms with Gasteiger partial charge in [0.2, 0.25) is 5.75 Å². The van der Waals surface area contributed by atoms with Crippen LogP contribution in [-0.2, 0) is 0 Å². The molecule has 0 amide bonds. The molecule has 144 valence electrons. The fourth-order valence-electron chi connectivity index (χ4n) is 1.45. The molecule has 0 saturated carbocycles. The lowest BCUT2D eigenvalue weighted by molar-refractivity contribution is -0.742. The van der Waals surface area contributed by atoms with Crippen molar-refractivity contribution in [2.75, 3.05) is 0 Å². The summed E-state index contributed by atoms with van der Waals surface area (Å²) >= 11 is 6.15. The average Bonchev–Trinajstić information content (AvgIpc) is 2.58. The quantitative estimate of drug-likeness (QED) is 0.316. The number of phenolic OH excluding ortho intramolecular Hbond substituents is 2. The van der Waals surface area contributed by atoms with Crippen LogP contribution in [0.1, 0.15) is 20.7 Å². The highest BCUT2D eigenvalue weighted by molar-refractivity contribution is 9.10. The highest BCUT2D eigenvalue weighted by atomic mass is 79.9. The van der Waals surface area contributed by atoms with E-state index < -0.39 is 21.4 Å². The summed E-state index contributed by atoms with van der Waals surface area (Å²) in [5.74, 6) is -0.596. The van der Waals surface area contributed by atoms with Crippen molar-refractivity contribution in [3.63, 3.8) is 0 Å². The number of aldehydes is 2. The molecule has 0 bridgehead atoms. The Hall–Kier alpha value is -3.06. The molecule has 0 fully saturated rings. The van der Waals surface area contributed by atoms with Crippen LogP contribution in [0, 0.1) is 20.2 Å². The molecule has 0 unspecified atom stereocenters. The van der Waals surface area contributed by atoms with E-state index in [9.17, 15) is 24.8 Å². The number of phenols is 2. The monoisotopic (exact) mass is 508 g/mol. The molecule has 27 heavy (non-hydrogen) atoms. The van der Waals surface area contributed by atoms with Crippen molar-refractivity contribution in [2.24, 2.45) is 0 Å². The lowest BCUT2D eigenvalue weighted by Gasteiger charge is -1.99. The van der Waals surface area contributed by atoms with Crippen LogP contribution in [0.15, 0.2) is 39.3 Å². The van der Waals surface area contributed by atoms with Gasteiger partial charge in [-0.05, 0) is 24.3 Å². The summed E-state index contributed by atoms with van der Waals surface area (Å²) < 4.78 is 1.16. The van der Waals surface area contributed by atoms with Gasteiger partial charge >= 0.3 is 5.69 Å². The second-order valence-corrected chi connectivity index (χ2v) is 6.13. The van der Waals surface area contributed by atoms with E-state index in [2.05, 4.69) is 31.9 Å². The van der Waals surface area contributed by atoms with Gasteiger partial charge in [0.25, 0.3) is 5.09 Å². The largest absolute Gasteiger partial charge is 0.507 e. The van der Waals surface area contributed by atoms with Crippen molar-refractivity contribution in [1.82, 2.24) is 0 Å². The Morgan fingerprint density at radius 3 is 1.78 bits per heavy atom. The van der Waals surface area contributed by atoms with E-state index in [0.717, 1.165) is 10.5 Å². The van der Waals surface area contributed by atoms with Crippen molar-refractivity contribution in [3.8, 4) is 11.5 Å². The molecule has 2 rings (SSSR count). The number of halogens is 2. The zero-order valence-corrected chi connectivity index (χ0v) is 16.2. The molecular weight excluding hydrogens is 500 g/mol. The Kier molecular flexibility index (Phi) is 10.2. The summed E-state index contributed by atoms with van der Waals surface area (Å²) in [6.45, 7) is 0. The summed E-state index contributed by atoms with van der Waals surface area (Å²) in [5.41, 5.74) is -0.299. The van der Waals surface area contributed by atoms with Gasteiger partial charge in [-0.15, -0.1) is 10.1 Å². The highest BCUT2D eigenvalue weighted by Gasteiger charge is 2.17. The third-order valence-corrected chi connectivity index (χ3v) is 3.48. The molecule has 2 aromatic carbocycles. The first-order valence-electron chi connectivity index (χ1n) is 6.42. The predicted octanol–water partition coefficient (Wildman–Crippen LogP) is 3.49. The molecule has 0 aliphatic heterocycles. The number of aromatic hydroxyl groups is 2. The molecule has 0 aromatic heterocycles. The van der Waals surface area contributed by atoms with Gasteiger partial charge in [-0.1, -0.05) is 31.9 Å². The van der Waals surface area contributed by atoms with Gasteiger partial charge in [0.05, 0.1) is 16.1 Å². The number of nitro groups is 1. The molecule has 0 spiro atoms. The molecule has 2 aromatic rings. The van der Waals surface area contributed by atoms with Crippen LogP contribution in [0.25, 0.3) is 0 Å². The number of carbonyl (C=O) groups is 2. The second kappa shape index (κ2) is 11.5. The normalized spacial score (nSPS) is 8.96. The molecule has 0 heterocycles. The van der Waals surface area contributed by atoms with Crippen LogP contribution in [0.3, 0.4) is 0 Å². The van der Waals surface area contributed by atoms with E-state index >= 15 is 0 Å². The Morgan fingerprint density at radius 1 is 0.889 bits per heavy atom. The number of rotatable bonds is 3. The van der Waals surface area contributed by atoms with Crippen molar-refractivity contribution in [1.29, 1.82) is 0 Å². The van der Waals surface area contributed by atoms with E-state index in [4.69, 9.17) is 20.4 Å². The molecule has 0 aliphatic rings. The second-order valence-electron chi connectivity index (χ2n) is 4.30. The van der Waals surface area contributed by atoms with E-state index in [1.165, 1.54) is 12.1 Å². The summed E-state index contributed by atoms with van der Waals surface area (Å²) in [6, 6.07) is 7.12. The van der Waals surface area contributed by atoms with E-state index in [0.29, 0.717) is 22.6 Å². The standard InChI is InChI=1S/C7H4BrNO4.C7H5BrO2.HNO3/c8-5-1-4(3-10)7(11)6(2-5)9(12)13;8-6-1-2-7(10)5(3-6)4-9;2-1(3)4/h1-3,11H;1-4,10H;(H,2,3,4). The topological polar surface area (TPSA) is 181 Å². The van der Waals surface area contributed by atoms with Crippen molar-refractivity contribution in [3.05, 3.63) is 70.6 Å². The number of nitro benzene ring substituents is 1. The van der Waals surface area contributed by atoms with Crippen LogP contribution in [0.5, 0.6) is 11.5 Å². The smallest absolute Gasteiger partial charge is 0.312 e. The van der Waals surface area contributed by atoms with Crippen molar-refractivity contribution < 1.29 is 35.0 Å². The molecule has 0 saturated heterocycles. The van der Waals surface area contributed by atoms with Crippen LogP contribution in [0.4, 0.5) is 5.69 Å². The zero-order chi connectivity index (χ0) is 21.1. The van der Waals surface area contributed by atoms with Gasteiger partial charge in [0, 0.05) is 15.0 Å². The lowest BCUT2D eigenvalue weighted by Crippen LogP contribution is -1.92. The molecule has 11 nitrogen and oxygen atoms in total. The van der Waals surface area contributed by atoms with E-state index in [-0.39, 0.29) is 11.3 Å². The number of benzene rings is 2. The van der Waals surface area contributed by atoms with Crippen LogP contribution >= 0.6 is 31.9 Å². The molecule has 0 aliphatic carbocycles. The molecular formula is C14H10Br2N2O9. The first-order valence-corrected chi connectivity index (χ1v) is 8.01. The predicted molar refractivity (Wildman–Crippen MR) is 97.8 cm³/mol. The summed E-state index contributed by atoms with van der Waals surface area (Å²) in [6.07, 6.45) is 0.965. The maximum Gasteiger partial charge on any atom is 0.312 e. The lowest BCUT2D eigenvalue weighted by atomic mass is 10.2. The fourth-order valence-corrected chi connectivity index (χ4v) is 2.30. The third-order valence-electron chi connectivity index (χ3n) is 2.52. The number of hydrogen-bond acceptors (Lipinski definition) is 8. The van der Waals surface area contributed by atoms with Crippen LogP contribution < -0.4 is 0 Å². The minimum absolute atomic E-state index is 0.0122. The van der Waals surface area contributed by atoms with Crippen molar-refractivity contribution >= 4 is 50.1 Å². The Morgan fingerprint density at radius 2 is 1.37 bits per heavy atom. The van der Waals surface area contributed by atoms with Gasteiger partial charge in [0.1, 0.15) is 5.75 Å². The SMILES string of the molecule is O=Cc1cc(Br)cc([N+](=O)[O-])c1O.O=Cc1cc(Br)ccc1O.O=[N+]([O-])O. The van der Waals surface area contributed by atoms with E-state index in [1.807, 2.05) is 0 Å². The zero-order valence-electron chi connectivity index (χ0n) is 13.0. The fraction of sp³-hybridized carbons (Fsp3) is 0. The summed E-state index contributed by atoms with van der Waals surface area (Å²) in [7, 11) is 0. The molecule has 0 radical (unpaired) electrons. The molecule has 3 N–H and O–H groups in total. The Bertz CT molecular complexity index is 855. The maximum atomic E-state index is 10.4. The van der Waals surface area contributed by atoms with Gasteiger partial charge in [0.15, 0.2) is 12.6 Å². The maximum absolute atomic E-state index is 10.4. The molecule has 13 heteroatoms. The first kappa shape index (κ1) is 23.9. The third kappa shape index (κ3) is 8.73. The minimum Gasteiger partial charge on any atom is -0.507 e. The van der Waals surface area contributed by atoms with Crippen molar-refractivity contribution in [2.45, 2.75) is 0 Å². The number of hydrogen-bond donors (Lipinski definition) is 3. The van der Waals surface area contributed by atoms with Crippen LogP contribution in [-0.4, -0.2) is 38.0 Å². The number of carbonyl (C=O) groups excluding carboxylic acids is 2. The minimum atomic E-state index is -1.50. The summed E-state index contributed by atoms with van der Waals surface area (Å²) in [4.78, 5) is 38.5. The highest BCUT2D eigenvalue weighted by Crippen LogP contribution is 2.32.